The smallest absolute Gasteiger partial charge is 0.0958 e. The van der Waals surface area contributed by atoms with Crippen LogP contribution in [0.5, 0.6) is 0 Å². The number of rotatable bonds is 4. The summed E-state index contributed by atoms with van der Waals surface area (Å²) in [6, 6.07) is 8.22. The first kappa shape index (κ1) is 9.00. The largest absolute Gasteiger partial charge is 0.331 e. The van der Waals surface area contributed by atoms with Crippen LogP contribution in [0.25, 0.3) is 11.0 Å². The molecule has 1 heterocycles. The van der Waals surface area contributed by atoms with Crippen molar-refractivity contribution in [3.8, 4) is 0 Å². The van der Waals surface area contributed by atoms with Crippen molar-refractivity contribution in [3.05, 3.63) is 43.2 Å². The number of imidazole rings is 1. The van der Waals surface area contributed by atoms with Crippen molar-refractivity contribution < 1.29 is 0 Å². The first-order valence-electron chi connectivity index (χ1n) is 4.92. The fourth-order valence-electron chi connectivity index (χ4n) is 1.59. The topological polar surface area (TPSA) is 17.8 Å². The molecule has 72 valence electrons. The van der Waals surface area contributed by atoms with Crippen molar-refractivity contribution in [1.29, 1.82) is 0 Å². The standard InChI is InChI=1S/C12H14N2/c1-2-3-6-9-14-10-13-11-7-4-5-8-12(11)14/h2,4-5,7-8,10H,1,3,6,9H2. The van der Waals surface area contributed by atoms with Crippen molar-refractivity contribution in [2.75, 3.05) is 0 Å². The van der Waals surface area contributed by atoms with E-state index in [0.29, 0.717) is 0 Å². The monoisotopic (exact) mass is 186 g/mol. The molecule has 0 spiro atoms. The molecular weight excluding hydrogens is 172 g/mol. The number of aryl methyl sites for hydroxylation is 1. The lowest BCUT2D eigenvalue weighted by Crippen LogP contribution is -1.94. The molecule has 0 unspecified atom stereocenters. The van der Waals surface area contributed by atoms with Gasteiger partial charge < -0.3 is 4.57 Å². The number of hydrogen-bond donors (Lipinski definition) is 0. The summed E-state index contributed by atoms with van der Waals surface area (Å²) in [5, 5.41) is 0. The minimum Gasteiger partial charge on any atom is -0.331 e. The number of unbranched alkanes of at least 4 members (excludes halogenated alkanes) is 1. The van der Waals surface area contributed by atoms with E-state index in [2.05, 4.69) is 22.2 Å². The highest BCUT2D eigenvalue weighted by atomic mass is 15.0. The number of aromatic nitrogens is 2. The Balaban J connectivity index is 2.20. The van der Waals surface area contributed by atoms with Gasteiger partial charge in [0, 0.05) is 6.54 Å². The fraction of sp³-hybridized carbons (Fsp3) is 0.250. The first-order chi connectivity index (χ1) is 6.92. The third kappa shape index (κ3) is 1.69. The van der Waals surface area contributed by atoms with Gasteiger partial charge in [-0.25, -0.2) is 4.98 Å². The number of nitrogens with zero attached hydrogens (tertiary/aromatic N) is 2. The molecular formula is C12H14N2. The molecule has 2 aromatic rings. The van der Waals surface area contributed by atoms with Crippen LogP contribution in [0, 0.1) is 0 Å². The van der Waals surface area contributed by atoms with Gasteiger partial charge in [0.1, 0.15) is 0 Å². The second kappa shape index (κ2) is 4.09. The van der Waals surface area contributed by atoms with Gasteiger partial charge in [-0.3, -0.25) is 0 Å². The maximum absolute atomic E-state index is 4.33. The zero-order valence-electron chi connectivity index (χ0n) is 8.19. The van der Waals surface area contributed by atoms with Crippen LogP contribution in [-0.2, 0) is 6.54 Å². The van der Waals surface area contributed by atoms with Crippen molar-refractivity contribution in [2.45, 2.75) is 19.4 Å². The summed E-state index contributed by atoms with van der Waals surface area (Å²) >= 11 is 0. The van der Waals surface area contributed by atoms with Crippen molar-refractivity contribution in [1.82, 2.24) is 9.55 Å². The highest BCUT2D eigenvalue weighted by molar-refractivity contribution is 5.74. The van der Waals surface area contributed by atoms with Crippen LogP contribution in [0.3, 0.4) is 0 Å². The Bertz CT molecular complexity index is 429. The van der Waals surface area contributed by atoms with Gasteiger partial charge >= 0.3 is 0 Å². The van der Waals surface area contributed by atoms with Crippen LogP contribution in [0.1, 0.15) is 12.8 Å². The second-order valence-electron chi connectivity index (χ2n) is 3.36. The first-order valence-corrected chi connectivity index (χ1v) is 4.92. The summed E-state index contributed by atoms with van der Waals surface area (Å²) in [5.74, 6) is 0. The molecule has 1 aromatic heterocycles. The van der Waals surface area contributed by atoms with Gasteiger partial charge in [-0.05, 0) is 25.0 Å². The highest BCUT2D eigenvalue weighted by Crippen LogP contribution is 2.12. The number of fused-ring (bicyclic) bond motifs is 1. The van der Waals surface area contributed by atoms with Crippen molar-refractivity contribution in [3.63, 3.8) is 0 Å². The maximum Gasteiger partial charge on any atom is 0.0958 e. The molecule has 2 heteroatoms. The molecule has 2 rings (SSSR count). The van der Waals surface area contributed by atoms with Gasteiger partial charge in [0.05, 0.1) is 17.4 Å². The maximum atomic E-state index is 4.33. The van der Waals surface area contributed by atoms with E-state index in [4.69, 9.17) is 0 Å². The lowest BCUT2D eigenvalue weighted by Gasteiger charge is -2.01. The lowest BCUT2D eigenvalue weighted by atomic mass is 10.3. The van der Waals surface area contributed by atoms with Crippen LogP contribution < -0.4 is 0 Å². The summed E-state index contributed by atoms with van der Waals surface area (Å²) in [7, 11) is 0. The van der Waals surface area contributed by atoms with Crippen LogP contribution in [0.4, 0.5) is 0 Å². The summed E-state index contributed by atoms with van der Waals surface area (Å²) in [4.78, 5) is 4.33. The molecule has 0 aliphatic rings. The van der Waals surface area contributed by atoms with E-state index >= 15 is 0 Å². The Labute approximate surface area is 83.9 Å². The number of para-hydroxylation sites is 2. The molecule has 0 saturated heterocycles. The second-order valence-corrected chi connectivity index (χ2v) is 3.36. The van der Waals surface area contributed by atoms with Crippen LogP contribution in [0.2, 0.25) is 0 Å². The van der Waals surface area contributed by atoms with Crippen LogP contribution in [0.15, 0.2) is 43.2 Å². The van der Waals surface area contributed by atoms with Gasteiger partial charge in [-0.1, -0.05) is 18.2 Å². The van der Waals surface area contributed by atoms with E-state index in [9.17, 15) is 0 Å². The summed E-state index contributed by atoms with van der Waals surface area (Å²) in [6.45, 7) is 4.74. The predicted molar refractivity (Wildman–Crippen MR) is 59.2 cm³/mol. The van der Waals surface area contributed by atoms with Gasteiger partial charge in [0.15, 0.2) is 0 Å². The SMILES string of the molecule is C=CCCCn1cnc2ccccc21. The molecule has 0 saturated carbocycles. The molecule has 0 atom stereocenters. The average Bonchev–Trinajstić information content (AvgIpc) is 2.63. The molecule has 1 aromatic carbocycles. The normalized spacial score (nSPS) is 10.6. The molecule has 14 heavy (non-hydrogen) atoms. The van der Waals surface area contributed by atoms with E-state index in [0.717, 1.165) is 24.9 Å². The Kier molecular flexibility index (Phi) is 2.63. The third-order valence-electron chi connectivity index (χ3n) is 2.33. The Morgan fingerprint density at radius 3 is 3.07 bits per heavy atom. The molecule has 2 nitrogen and oxygen atoms in total. The Morgan fingerprint density at radius 1 is 1.36 bits per heavy atom. The van der Waals surface area contributed by atoms with E-state index < -0.39 is 0 Å². The molecule has 0 bridgehead atoms. The molecule has 0 aliphatic heterocycles. The van der Waals surface area contributed by atoms with E-state index in [1.54, 1.807) is 0 Å². The zero-order chi connectivity index (χ0) is 9.80. The minimum atomic E-state index is 1.02. The lowest BCUT2D eigenvalue weighted by molar-refractivity contribution is 0.666. The number of hydrogen-bond acceptors (Lipinski definition) is 1. The van der Waals surface area contributed by atoms with E-state index in [1.165, 1.54) is 5.52 Å². The van der Waals surface area contributed by atoms with Crippen LogP contribution >= 0.6 is 0 Å². The van der Waals surface area contributed by atoms with Gasteiger partial charge in [0.25, 0.3) is 0 Å². The zero-order valence-corrected chi connectivity index (χ0v) is 8.19. The molecule has 0 aliphatic carbocycles. The fourth-order valence-corrected chi connectivity index (χ4v) is 1.59. The van der Waals surface area contributed by atoms with E-state index in [1.807, 2.05) is 30.6 Å². The summed E-state index contributed by atoms with van der Waals surface area (Å²) in [5.41, 5.74) is 2.29. The molecule has 0 radical (unpaired) electrons. The average molecular weight is 186 g/mol. The molecule has 0 N–H and O–H groups in total. The van der Waals surface area contributed by atoms with Gasteiger partial charge in [-0.15, -0.1) is 6.58 Å². The molecule has 0 amide bonds. The van der Waals surface area contributed by atoms with Crippen molar-refractivity contribution >= 4 is 11.0 Å². The van der Waals surface area contributed by atoms with Gasteiger partial charge in [-0.2, -0.15) is 0 Å². The van der Waals surface area contributed by atoms with E-state index in [-0.39, 0.29) is 0 Å². The Hall–Kier alpha value is -1.57. The summed E-state index contributed by atoms with van der Waals surface area (Å²) < 4.78 is 2.19. The minimum absolute atomic E-state index is 1.02. The van der Waals surface area contributed by atoms with Gasteiger partial charge in [0.2, 0.25) is 0 Å². The highest BCUT2D eigenvalue weighted by Gasteiger charge is 1.99. The van der Waals surface area contributed by atoms with Crippen molar-refractivity contribution in [2.24, 2.45) is 0 Å². The Morgan fingerprint density at radius 2 is 2.21 bits per heavy atom. The number of benzene rings is 1. The quantitative estimate of drug-likeness (QED) is 0.530. The molecule has 0 fully saturated rings. The number of allylic oxidation sites excluding steroid dienone is 1. The summed E-state index contributed by atoms with van der Waals surface area (Å²) in [6.07, 6.45) is 6.06. The third-order valence-corrected chi connectivity index (χ3v) is 2.33. The van der Waals surface area contributed by atoms with Crippen LogP contribution in [-0.4, -0.2) is 9.55 Å². The predicted octanol–water partition coefficient (Wildman–Crippen LogP) is 3.00.